The standard InChI is InChI=1S/C24H32N2O10/c1-31-11-12-32-13-14-34-17-33-9-4-10-35-24(30)36-16-26-21(27)8-7-20(23(26)29)25-15-18-5-2-3-6-19(18)22(25)28/h2-3,5-6,20H,4,7-17H2,1H3. The molecule has 3 rings (SSSR count). The van der Waals surface area contributed by atoms with E-state index in [0.717, 1.165) is 10.5 Å². The maximum atomic E-state index is 12.9. The third-order valence-electron chi connectivity index (χ3n) is 5.64. The number of likely N-dealkylation sites (tertiary alicyclic amines) is 1. The van der Waals surface area contributed by atoms with Gasteiger partial charge >= 0.3 is 6.16 Å². The summed E-state index contributed by atoms with van der Waals surface area (Å²) in [7, 11) is 1.60. The molecular formula is C24H32N2O10. The SMILES string of the molecule is COCCOCCOCOCCCOC(=O)OCN1C(=O)CCC(N2Cc3ccccc3C2=O)C1=O. The highest BCUT2D eigenvalue weighted by Crippen LogP contribution is 2.28. The van der Waals surface area contributed by atoms with Crippen molar-refractivity contribution in [2.45, 2.75) is 31.8 Å². The Kier molecular flexibility index (Phi) is 11.1. The summed E-state index contributed by atoms with van der Waals surface area (Å²) < 4.78 is 30.5. The van der Waals surface area contributed by atoms with Gasteiger partial charge in [0.25, 0.3) is 11.8 Å². The van der Waals surface area contributed by atoms with Crippen LogP contribution in [0.2, 0.25) is 0 Å². The highest BCUT2D eigenvalue weighted by atomic mass is 16.7. The summed E-state index contributed by atoms with van der Waals surface area (Å²) in [6.07, 6.45) is -0.313. The van der Waals surface area contributed by atoms with Crippen LogP contribution in [-0.4, -0.2) is 100.0 Å². The predicted octanol–water partition coefficient (Wildman–Crippen LogP) is 1.31. The normalized spacial score (nSPS) is 17.5. The van der Waals surface area contributed by atoms with Gasteiger partial charge in [0.05, 0.1) is 39.6 Å². The molecular weight excluding hydrogens is 476 g/mol. The lowest BCUT2D eigenvalue weighted by Gasteiger charge is -2.34. The molecule has 0 bridgehead atoms. The van der Waals surface area contributed by atoms with Crippen LogP contribution in [0.5, 0.6) is 0 Å². The molecule has 0 N–H and O–H groups in total. The maximum Gasteiger partial charge on any atom is 0.510 e. The minimum Gasteiger partial charge on any atom is -0.434 e. The number of benzene rings is 1. The summed E-state index contributed by atoms with van der Waals surface area (Å²) in [6.45, 7) is 2.00. The second-order valence-electron chi connectivity index (χ2n) is 8.07. The molecule has 2 heterocycles. The molecule has 3 amide bonds. The van der Waals surface area contributed by atoms with Crippen molar-refractivity contribution >= 4 is 23.9 Å². The van der Waals surface area contributed by atoms with E-state index in [1.807, 2.05) is 12.1 Å². The summed E-state index contributed by atoms with van der Waals surface area (Å²) >= 11 is 0. The molecule has 1 unspecified atom stereocenters. The summed E-state index contributed by atoms with van der Waals surface area (Å²) in [5.74, 6) is -1.29. The van der Waals surface area contributed by atoms with Crippen molar-refractivity contribution in [2.24, 2.45) is 0 Å². The number of imide groups is 1. The van der Waals surface area contributed by atoms with Gasteiger partial charge in [-0.1, -0.05) is 18.2 Å². The number of ether oxygens (including phenoxy) is 6. The lowest BCUT2D eigenvalue weighted by molar-refractivity contribution is -0.157. The number of rotatable bonds is 15. The van der Waals surface area contributed by atoms with Crippen molar-refractivity contribution in [3.8, 4) is 0 Å². The first-order chi connectivity index (χ1) is 17.5. The van der Waals surface area contributed by atoms with Crippen LogP contribution in [0.15, 0.2) is 24.3 Å². The molecule has 1 atom stereocenters. The Balaban J connectivity index is 1.30. The first-order valence-electron chi connectivity index (χ1n) is 11.8. The van der Waals surface area contributed by atoms with E-state index in [9.17, 15) is 19.2 Å². The van der Waals surface area contributed by atoms with Crippen LogP contribution in [0.3, 0.4) is 0 Å². The Bertz CT molecular complexity index is 909. The average Bonchev–Trinajstić information content (AvgIpc) is 3.21. The maximum absolute atomic E-state index is 12.9. The minimum absolute atomic E-state index is 0.0318. The monoisotopic (exact) mass is 508 g/mol. The van der Waals surface area contributed by atoms with Crippen molar-refractivity contribution in [1.82, 2.24) is 9.80 Å². The van der Waals surface area contributed by atoms with Gasteiger partial charge in [-0.25, -0.2) is 9.69 Å². The van der Waals surface area contributed by atoms with Gasteiger partial charge < -0.3 is 33.3 Å². The zero-order chi connectivity index (χ0) is 25.8. The van der Waals surface area contributed by atoms with E-state index in [0.29, 0.717) is 51.6 Å². The van der Waals surface area contributed by atoms with Crippen LogP contribution in [0, 0.1) is 0 Å². The topological polar surface area (TPSA) is 130 Å². The lowest BCUT2D eigenvalue weighted by atomic mass is 10.0. The van der Waals surface area contributed by atoms with Gasteiger partial charge in [0, 0.05) is 32.1 Å². The molecule has 0 aromatic heterocycles. The van der Waals surface area contributed by atoms with Gasteiger partial charge in [0.1, 0.15) is 12.8 Å². The third-order valence-corrected chi connectivity index (χ3v) is 5.64. The van der Waals surface area contributed by atoms with Crippen LogP contribution >= 0.6 is 0 Å². The minimum atomic E-state index is -1.01. The van der Waals surface area contributed by atoms with E-state index in [1.54, 1.807) is 19.2 Å². The number of piperidine rings is 1. The van der Waals surface area contributed by atoms with Crippen LogP contribution in [0.1, 0.15) is 35.2 Å². The van der Waals surface area contributed by atoms with Crippen molar-refractivity contribution < 1.29 is 47.6 Å². The Morgan fingerprint density at radius 2 is 1.69 bits per heavy atom. The first-order valence-corrected chi connectivity index (χ1v) is 11.8. The van der Waals surface area contributed by atoms with Gasteiger partial charge in [-0.15, -0.1) is 0 Å². The fourth-order valence-electron chi connectivity index (χ4n) is 3.79. The summed E-state index contributed by atoms with van der Waals surface area (Å²) in [5.41, 5.74) is 1.39. The number of hydrogen-bond donors (Lipinski definition) is 0. The number of methoxy groups -OCH3 is 1. The van der Waals surface area contributed by atoms with Gasteiger partial charge in [0.2, 0.25) is 5.91 Å². The van der Waals surface area contributed by atoms with Crippen molar-refractivity contribution in [2.75, 3.05) is 60.3 Å². The molecule has 1 aromatic carbocycles. The largest absolute Gasteiger partial charge is 0.510 e. The number of hydrogen-bond acceptors (Lipinski definition) is 10. The molecule has 36 heavy (non-hydrogen) atoms. The van der Waals surface area contributed by atoms with E-state index in [4.69, 9.17) is 28.4 Å². The third kappa shape index (κ3) is 7.72. The van der Waals surface area contributed by atoms with E-state index in [-0.39, 0.29) is 32.1 Å². The molecule has 1 aromatic rings. The zero-order valence-corrected chi connectivity index (χ0v) is 20.3. The molecule has 0 radical (unpaired) electrons. The molecule has 2 aliphatic rings. The van der Waals surface area contributed by atoms with E-state index >= 15 is 0 Å². The number of nitrogens with zero attached hydrogens (tertiary/aromatic N) is 2. The Hall–Kier alpha value is -3.06. The van der Waals surface area contributed by atoms with Gasteiger partial charge in [-0.05, 0) is 18.1 Å². The molecule has 198 valence electrons. The number of fused-ring (bicyclic) bond motifs is 1. The second kappa shape index (κ2) is 14.5. The van der Waals surface area contributed by atoms with E-state index in [1.165, 1.54) is 4.90 Å². The number of carbonyl (C=O) groups is 4. The van der Waals surface area contributed by atoms with Gasteiger partial charge in [0.15, 0.2) is 6.73 Å². The Morgan fingerprint density at radius 3 is 2.50 bits per heavy atom. The van der Waals surface area contributed by atoms with Crippen molar-refractivity contribution in [3.05, 3.63) is 35.4 Å². The molecule has 0 spiro atoms. The van der Waals surface area contributed by atoms with Gasteiger partial charge in [-0.3, -0.25) is 14.4 Å². The Morgan fingerprint density at radius 1 is 0.944 bits per heavy atom. The second-order valence-corrected chi connectivity index (χ2v) is 8.07. The van der Waals surface area contributed by atoms with E-state index < -0.39 is 30.7 Å². The Labute approximate surface area is 209 Å². The van der Waals surface area contributed by atoms with E-state index in [2.05, 4.69) is 0 Å². The molecule has 0 saturated carbocycles. The first kappa shape index (κ1) is 27.5. The molecule has 1 fully saturated rings. The number of carbonyl (C=O) groups excluding carboxylic acids is 4. The van der Waals surface area contributed by atoms with Gasteiger partial charge in [-0.2, -0.15) is 0 Å². The fourth-order valence-corrected chi connectivity index (χ4v) is 3.79. The van der Waals surface area contributed by atoms with Crippen molar-refractivity contribution in [1.29, 1.82) is 0 Å². The highest BCUT2D eigenvalue weighted by molar-refractivity contribution is 6.05. The fraction of sp³-hybridized carbons (Fsp3) is 0.583. The molecule has 2 aliphatic heterocycles. The highest BCUT2D eigenvalue weighted by Gasteiger charge is 2.42. The predicted molar refractivity (Wildman–Crippen MR) is 123 cm³/mol. The molecule has 1 saturated heterocycles. The quantitative estimate of drug-likeness (QED) is 0.148. The van der Waals surface area contributed by atoms with Crippen LogP contribution in [-0.2, 0) is 44.6 Å². The summed E-state index contributed by atoms with van der Waals surface area (Å²) in [4.78, 5) is 52.1. The lowest BCUT2D eigenvalue weighted by Crippen LogP contribution is -2.55. The molecule has 0 aliphatic carbocycles. The molecule has 12 nitrogen and oxygen atoms in total. The van der Waals surface area contributed by atoms with Crippen molar-refractivity contribution in [3.63, 3.8) is 0 Å². The number of amides is 3. The summed E-state index contributed by atoms with van der Waals surface area (Å²) in [5, 5.41) is 0. The average molecular weight is 509 g/mol. The van der Waals surface area contributed by atoms with Crippen LogP contribution in [0.4, 0.5) is 4.79 Å². The zero-order valence-electron chi connectivity index (χ0n) is 20.3. The smallest absolute Gasteiger partial charge is 0.434 e. The van der Waals surface area contributed by atoms with Crippen LogP contribution in [0.25, 0.3) is 0 Å². The molecule has 12 heteroatoms. The summed E-state index contributed by atoms with van der Waals surface area (Å²) in [6, 6.07) is 6.35. The van der Waals surface area contributed by atoms with Crippen LogP contribution < -0.4 is 0 Å².